The largest absolute Gasteiger partial charge is 0.494 e. The molecule has 4 heterocycles. The van der Waals surface area contributed by atoms with Crippen molar-refractivity contribution < 1.29 is 9.13 Å². The first-order valence-electron chi connectivity index (χ1n) is 11.4. The smallest absolute Gasteiger partial charge is 0.165 e. The third-order valence-electron chi connectivity index (χ3n) is 6.27. The van der Waals surface area contributed by atoms with Crippen LogP contribution >= 0.6 is 11.6 Å². The van der Waals surface area contributed by atoms with Gasteiger partial charge in [0.25, 0.3) is 0 Å². The Balaban J connectivity index is 1.57. The lowest BCUT2D eigenvalue weighted by Crippen LogP contribution is -2.11. The summed E-state index contributed by atoms with van der Waals surface area (Å²) in [5.41, 5.74) is 10.1. The van der Waals surface area contributed by atoms with Crippen LogP contribution in [0.5, 0.6) is 5.75 Å². The van der Waals surface area contributed by atoms with Crippen LogP contribution in [-0.4, -0.2) is 41.6 Å². The maximum atomic E-state index is 14.6. The summed E-state index contributed by atoms with van der Waals surface area (Å²) in [5, 5.41) is 11.8. The van der Waals surface area contributed by atoms with Gasteiger partial charge < -0.3 is 10.5 Å². The number of rotatable bonds is 5. The number of ether oxygens (including phenoxy) is 1. The molecule has 9 nitrogen and oxygen atoms in total. The number of hydrogen-bond acceptors (Lipinski definition) is 7. The van der Waals surface area contributed by atoms with Crippen LogP contribution in [0, 0.1) is 5.82 Å². The highest BCUT2D eigenvalue weighted by molar-refractivity contribution is 6.31. The molecule has 2 aromatic carbocycles. The number of anilines is 1. The Hall–Kier alpha value is -4.57. The van der Waals surface area contributed by atoms with Gasteiger partial charge in [-0.25, -0.2) is 23.7 Å². The van der Waals surface area contributed by atoms with E-state index < -0.39 is 5.82 Å². The van der Waals surface area contributed by atoms with E-state index in [1.165, 1.54) is 19.5 Å². The quantitative estimate of drug-likeness (QED) is 0.336. The number of aromatic nitrogens is 7. The van der Waals surface area contributed by atoms with E-state index >= 15 is 0 Å². The molecule has 0 radical (unpaired) electrons. The van der Waals surface area contributed by atoms with Crippen LogP contribution in [0.15, 0.2) is 67.3 Å². The van der Waals surface area contributed by atoms with Gasteiger partial charge in [0.1, 0.15) is 17.8 Å². The van der Waals surface area contributed by atoms with Gasteiger partial charge in [-0.3, -0.25) is 4.98 Å². The van der Waals surface area contributed by atoms with Crippen molar-refractivity contribution in [2.75, 3.05) is 12.8 Å². The number of fused-ring (bicyclic) bond motifs is 2. The first-order chi connectivity index (χ1) is 18.0. The summed E-state index contributed by atoms with van der Waals surface area (Å²) in [5.74, 6) is -0.132. The predicted octanol–water partition coefficient (Wildman–Crippen LogP) is 5.22. The number of nitrogens with zero attached hydrogens (tertiary/aromatic N) is 7. The van der Waals surface area contributed by atoms with Gasteiger partial charge in [0.2, 0.25) is 0 Å². The zero-order chi connectivity index (χ0) is 25.7. The molecule has 4 aromatic heterocycles. The first-order valence-corrected chi connectivity index (χ1v) is 11.7. The predicted molar refractivity (Wildman–Crippen MR) is 139 cm³/mol. The van der Waals surface area contributed by atoms with E-state index in [0.717, 1.165) is 22.3 Å². The molecule has 37 heavy (non-hydrogen) atoms. The molecule has 6 aromatic rings. The molecule has 6 rings (SSSR count). The lowest BCUT2D eigenvalue weighted by atomic mass is 10.1. The Labute approximate surface area is 215 Å². The number of halogens is 2. The van der Waals surface area contributed by atoms with E-state index in [2.05, 4.69) is 15.0 Å². The molecule has 184 valence electrons. The summed E-state index contributed by atoms with van der Waals surface area (Å²) in [7, 11) is 1.41. The summed E-state index contributed by atoms with van der Waals surface area (Å²) in [6.07, 6.45) is 4.82. The number of nitrogens with two attached hydrogens (primary N) is 1. The van der Waals surface area contributed by atoms with Gasteiger partial charge in [0, 0.05) is 22.2 Å². The molecular weight excluding hydrogens is 495 g/mol. The Kier molecular flexibility index (Phi) is 5.45. The number of benzene rings is 2. The van der Waals surface area contributed by atoms with Gasteiger partial charge in [0.05, 0.1) is 41.6 Å². The fourth-order valence-corrected chi connectivity index (χ4v) is 4.66. The van der Waals surface area contributed by atoms with Crippen molar-refractivity contribution in [1.29, 1.82) is 0 Å². The molecule has 0 saturated heterocycles. The summed E-state index contributed by atoms with van der Waals surface area (Å²) < 4.78 is 23.2. The molecule has 0 unspecified atom stereocenters. The topological polar surface area (TPSA) is 110 Å². The highest BCUT2D eigenvalue weighted by Crippen LogP contribution is 2.36. The lowest BCUT2D eigenvalue weighted by molar-refractivity contribution is 0.386. The van der Waals surface area contributed by atoms with Crippen LogP contribution in [0.4, 0.5) is 10.2 Å². The number of pyridine rings is 1. The highest BCUT2D eigenvalue weighted by Gasteiger charge is 2.25. The zero-order valence-electron chi connectivity index (χ0n) is 19.8. The summed E-state index contributed by atoms with van der Waals surface area (Å²) in [4.78, 5) is 12.9. The van der Waals surface area contributed by atoms with Crippen LogP contribution in [0.1, 0.15) is 18.7 Å². The standard InChI is InChI=1S/C26H20ClFN8O/c1-14(23-18-7-6-16(27)11-20(18)36(33-23)17-4-3-9-30-12-17)35-26-22(25(29)31-13-32-26)24(34-35)15-5-8-21(37-2)19(28)10-15/h3-14H,1-2H3,(H2,29,31,32)/t14-/m0/s1. The van der Waals surface area contributed by atoms with Gasteiger partial charge in [-0.05, 0) is 55.5 Å². The molecule has 0 aliphatic carbocycles. The maximum absolute atomic E-state index is 14.6. The molecule has 0 spiro atoms. The Morgan fingerprint density at radius 3 is 2.70 bits per heavy atom. The van der Waals surface area contributed by atoms with E-state index in [-0.39, 0.29) is 17.6 Å². The van der Waals surface area contributed by atoms with E-state index in [4.69, 9.17) is 32.3 Å². The van der Waals surface area contributed by atoms with E-state index in [1.807, 2.05) is 37.3 Å². The second-order valence-corrected chi connectivity index (χ2v) is 8.88. The molecule has 0 bridgehead atoms. The third-order valence-corrected chi connectivity index (χ3v) is 6.50. The molecule has 2 N–H and O–H groups in total. The Bertz CT molecular complexity index is 1780. The average Bonchev–Trinajstić information content (AvgIpc) is 3.48. The Morgan fingerprint density at radius 1 is 1.08 bits per heavy atom. The molecule has 1 atom stereocenters. The van der Waals surface area contributed by atoms with Crippen LogP contribution in [-0.2, 0) is 0 Å². The van der Waals surface area contributed by atoms with Crippen molar-refractivity contribution in [3.8, 4) is 22.7 Å². The van der Waals surface area contributed by atoms with Crippen LogP contribution in [0.2, 0.25) is 5.02 Å². The monoisotopic (exact) mass is 514 g/mol. The minimum Gasteiger partial charge on any atom is -0.494 e. The minimum absolute atomic E-state index is 0.135. The summed E-state index contributed by atoms with van der Waals surface area (Å²) >= 11 is 6.34. The second kappa shape index (κ2) is 8.82. The van der Waals surface area contributed by atoms with Gasteiger partial charge in [0.15, 0.2) is 17.2 Å². The van der Waals surface area contributed by atoms with Crippen molar-refractivity contribution in [2.24, 2.45) is 0 Å². The molecule has 0 aliphatic heterocycles. The lowest BCUT2D eigenvalue weighted by Gasteiger charge is -2.11. The van der Waals surface area contributed by atoms with Crippen molar-refractivity contribution in [2.45, 2.75) is 13.0 Å². The minimum atomic E-state index is -0.510. The van der Waals surface area contributed by atoms with Gasteiger partial charge in [-0.2, -0.15) is 10.2 Å². The third kappa shape index (κ3) is 3.73. The van der Waals surface area contributed by atoms with Crippen molar-refractivity contribution in [3.63, 3.8) is 0 Å². The van der Waals surface area contributed by atoms with Crippen molar-refractivity contribution in [1.82, 2.24) is 34.5 Å². The van der Waals surface area contributed by atoms with Gasteiger partial charge in [-0.1, -0.05) is 11.6 Å². The van der Waals surface area contributed by atoms with Crippen molar-refractivity contribution >= 4 is 39.4 Å². The highest BCUT2D eigenvalue weighted by atomic mass is 35.5. The Morgan fingerprint density at radius 2 is 1.95 bits per heavy atom. The zero-order valence-corrected chi connectivity index (χ0v) is 20.6. The normalized spacial score (nSPS) is 12.3. The molecule has 0 amide bonds. The van der Waals surface area contributed by atoms with Crippen LogP contribution in [0.3, 0.4) is 0 Å². The molecular formula is C26H20ClFN8O. The first kappa shape index (κ1) is 22.9. The van der Waals surface area contributed by atoms with Crippen LogP contribution in [0.25, 0.3) is 38.9 Å². The number of methoxy groups -OCH3 is 1. The molecule has 11 heteroatoms. The maximum Gasteiger partial charge on any atom is 0.165 e. The van der Waals surface area contributed by atoms with Crippen molar-refractivity contribution in [3.05, 3.63) is 83.8 Å². The molecule has 0 fully saturated rings. The van der Waals surface area contributed by atoms with Gasteiger partial charge in [-0.15, -0.1) is 0 Å². The SMILES string of the molecule is COc1ccc(-c2nn([C@@H](C)c3nn(-c4cccnc4)c4cc(Cl)ccc34)c3ncnc(N)c23)cc1F. The summed E-state index contributed by atoms with van der Waals surface area (Å²) in [6, 6.07) is 13.6. The average molecular weight is 515 g/mol. The molecule has 0 saturated carbocycles. The number of hydrogen-bond donors (Lipinski definition) is 1. The van der Waals surface area contributed by atoms with E-state index in [0.29, 0.717) is 27.3 Å². The molecule has 0 aliphatic rings. The van der Waals surface area contributed by atoms with Crippen LogP contribution < -0.4 is 10.5 Å². The van der Waals surface area contributed by atoms with E-state index in [1.54, 1.807) is 33.9 Å². The van der Waals surface area contributed by atoms with Gasteiger partial charge >= 0.3 is 0 Å². The fraction of sp³-hybridized carbons (Fsp3) is 0.115. The number of nitrogen functional groups attached to an aromatic ring is 1. The summed E-state index contributed by atoms with van der Waals surface area (Å²) in [6.45, 7) is 1.97. The fourth-order valence-electron chi connectivity index (χ4n) is 4.49. The van der Waals surface area contributed by atoms with E-state index in [9.17, 15) is 4.39 Å². The second-order valence-electron chi connectivity index (χ2n) is 8.45.